The van der Waals surface area contributed by atoms with Gasteiger partial charge in [0.25, 0.3) is 0 Å². The molecule has 1 aliphatic heterocycles. The SMILES string of the molecule is CC1CN(CC2(CNC3CC3)CCCC2)CCCO1. The highest BCUT2D eigenvalue weighted by molar-refractivity contribution is 4.93. The zero-order chi connectivity index (χ0) is 13.1. The predicted molar refractivity (Wildman–Crippen MR) is 78.4 cm³/mol. The highest BCUT2D eigenvalue weighted by Crippen LogP contribution is 2.39. The van der Waals surface area contributed by atoms with E-state index in [-0.39, 0.29) is 0 Å². The van der Waals surface area contributed by atoms with E-state index < -0.39 is 0 Å². The molecule has 0 aromatic carbocycles. The Labute approximate surface area is 118 Å². The summed E-state index contributed by atoms with van der Waals surface area (Å²) < 4.78 is 5.78. The van der Waals surface area contributed by atoms with Gasteiger partial charge in [0.05, 0.1) is 6.10 Å². The molecule has 1 N–H and O–H groups in total. The van der Waals surface area contributed by atoms with Crippen LogP contribution >= 0.6 is 0 Å². The molecule has 2 saturated carbocycles. The van der Waals surface area contributed by atoms with Gasteiger partial charge in [-0.2, -0.15) is 0 Å². The van der Waals surface area contributed by atoms with Crippen LogP contribution < -0.4 is 5.32 Å². The molecule has 0 radical (unpaired) electrons. The van der Waals surface area contributed by atoms with Gasteiger partial charge in [-0.3, -0.25) is 0 Å². The predicted octanol–water partition coefficient (Wildman–Crippen LogP) is 2.41. The molecule has 3 fully saturated rings. The van der Waals surface area contributed by atoms with Crippen molar-refractivity contribution < 1.29 is 4.74 Å². The van der Waals surface area contributed by atoms with Gasteiger partial charge in [-0.1, -0.05) is 12.8 Å². The van der Waals surface area contributed by atoms with Crippen LogP contribution in [0, 0.1) is 5.41 Å². The molecule has 0 aromatic heterocycles. The second-order valence-corrected chi connectivity index (χ2v) is 7.13. The summed E-state index contributed by atoms with van der Waals surface area (Å²) in [6.07, 6.45) is 10.2. The molecular formula is C16H30N2O. The molecule has 3 nitrogen and oxygen atoms in total. The van der Waals surface area contributed by atoms with E-state index in [1.54, 1.807) is 0 Å². The lowest BCUT2D eigenvalue weighted by Crippen LogP contribution is -2.44. The lowest BCUT2D eigenvalue weighted by molar-refractivity contribution is 0.0590. The van der Waals surface area contributed by atoms with Crippen LogP contribution in [0.3, 0.4) is 0 Å². The Morgan fingerprint density at radius 1 is 1.21 bits per heavy atom. The fraction of sp³-hybridized carbons (Fsp3) is 1.00. The van der Waals surface area contributed by atoms with Crippen molar-refractivity contribution in [1.82, 2.24) is 10.2 Å². The number of nitrogens with one attached hydrogen (secondary N) is 1. The first-order chi connectivity index (χ1) is 9.26. The normalized spacial score (nSPS) is 32.4. The van der Waals surface area contributed by atoms with E-state index in [4.69, 9.17) is 4.74 Å². The van der Waals surface area contributed by atoms with Crippen LogP contribution in [-0.4, -0.2) is 49.8 Å². The molecule has 3 rings (SSSR count). The second-order valence-electron chi connectivity index (χ2n) is 7.13. The molecule has 1 atom stereocenters. The van der Waals surface area contributed by atoms with E-state index in [0.717, 1.165) is 19.2 Å². The van der Waals surface area contributed by atoms with Gasteiger partial charge in [0.2, 0.25) is 0 Å². The Morgan fingerprint density at radius 2 is 2.00 bits per heavy atom. The van der Waals surface area contributed by atoms with E-state index in [1.165, 1.54) is 64.6 Å². The van der Waals surface area contributed by atoms with Crippen molar-refractivity contribution in [1.29, 1.82) is 0 Å². The smallest absolute Gasteiger partial charge is 0.0673 e. The third-order valence-corrected chi connectivity index (χ3v) is 5.10. The van der Waals surface area contributed by atoms with Crippen molar-refractivity contribution in [3.8, 4) is 0 Å². The lowest BCUT2D eigenvalue weighted by Gasteiger charge is -2.36. The van der Waals surface area contributed by atoms with Crippen molar-refractivity contribution in [2.75, 3.05) is 32.8 Å². The van der Waals surface area contributed by atoms with Crippen molar-refractivity contribution in [2.45, 2.75) is 64.0 Å². The summed E-state index contributed by atoms with van der Waals surface area (Å²) in [6.45, 7) is 8.08. The lowest BCUT2D eigenvalue weighted by atomic mass is 9.85. The Bertz CT molecular complexity index is 284. The zero-order valence-electron chi connectivity index (χ0n) is 12.5. The van der Waals surface area contributed by atoms with E-state index in [1.807, 2.05) is 0 Å². The van der Waals surface area contributed by atoms with Gasteiger partial charge in [-0.15, -0.1) is 0 Å². The summed E-state index contributed by atoms with van der Waals surface area (Å²) in [4.78, 5) is 2.68. The molecule has 3 aliphatic rings. The fourth-order valence-electron chi connectivity index (χ4n) is 3.86. The number of hydrogen-bond donors (Lipinski definition) is 1. The molecule has 3 heteroatoms. The Hall–Kier alpha value is -0.120. The molecule has 19 heavy (non-hydrogen) atoms. The molecule has 0 aromatic rings. The molecule has 110 valence electrons. The van der Waals surface area contributed by atoms with Gasteiger partial charge in [-0.05, 0) is 44.4 Å². The van der Waals surface area contributed by atoms with E-state index in [9.17, 15) is 0 Å². The van der Waals surface area contributed by atoms with Crippen LogP contribution in [0.4, 0.5) is 0 Å². The Kier molecular flexibility index (Phi) is 4.45. The van der Waals surface area contributed by atoms with Crippen molar-refractivity contribution >= 4 is 0 Å². The molecule has 0 amide bonds. The molecular weight excluding hydrogens is 236 g/mol. The van der Waals surface area contributed by atoms with Gasteiger partial charge in [0, 0.05) is 38.8 Å². The summed E-state index contributed by atoms with van der Waals surface area (Å²) in [5.41, 5.74) is 0.562. The molecule has 2 aliphatic carbocycles. The van der Waals surface area contributed by atoms with Crippen LogP contribution in [0.15, 0.2) is 0 Å². The summed E-state index contributed by atoms with van der Waals surface area (Å²) >= 11 is 0. The summed E-state index contributed by atoms with van der Waals surface area (Å²) in [6, 6.07) is 0.851. The highest BCUT2D eigenvalue weighted by atomic mass is 16.5. The van der Waals surface area contributed by atoms with Crippen LogP contribution in [0.5, 0.6) is 0 Å². The second kappa shape index (κ2) is 6.11. The van der Waals surface area contributed by atoms with Crippen LogP contribution in [0.2, 0.25) is 0 Å². The van der Waals surface area contributed by atoms with Crippen LogP contribution in [0.25, 0.3) is 0 Å². The van der Waals surface area contributed by atoms with Crippen molar-refractivity contribution in [3.63, 3.8) is 0 Å². The number of rotatable bonds is 5. The number of ether oxygens (including phenoxy) is 1. The molecule has 0 spiro atoms. The maximum absolute atomic E-state index is 5.78. The minimum Gasteiger partial charge on any atom is -0.377 e. The average Bonchev–Trinajstić information content (AvgIpc) is 3.15. The number of hydrogen-bond acceptors (Lipinski definition) is 3. The van der Waals surface area contributed by atoms with Gasteiger partial charge >= 0.3 is 0 Å². The summed E-state index contributed by atoms with van der Waals surface area (Å²) in [7, 11) is 0. The Balaban J connectivity index is 1.56. The monoisotopic (exact) mass is 266 g/mol. The topological polar surface area (TPSA) is 24.5 Å². The van der Waals surface area contributed by atoms with Crippen LogP contribution in [-0.2, 0) is 4.74 Å². The molecule has 1 saturated heterocycles. The van der Waals surface area contributed by atoms with E-state index >= 15 is 0 Å². The van der Waals surface area contributed by atoms with Crippen LogP contribution in [0.1, 0.15) is 51.9 Å². The largest absolute Gasteiger partial charge is 0.377 e. The van der Waals surface area contributed by atoms with Crippen molar-refractivity contribution in [2.24, 2.45) is 5.41 Å². The maximum Gasteiger partial charge on any atom is 0.0673 e. The minimum absolute atomic E-state index is 0.414. The standard InChI is InChI=1S/C16H30N2O/c1-14-11-18(9-4-10-19-14)13-16(7-2-3-8-16)12-17-15-5-6-15/h14-15,17H,2-13H2,1H3. The summed E-state index contributed by atoms with van der Waals surface area (Å²) in [5, 5.41) is 3.80. The summed E-state index contributed by atoms with van der Waals surface area (Å²) in [5.74, 6) is 0. The van der Waals surface area contributed by atoms with Gasteiger partial charge in [0.15, 0.2) is 0 Å². The van der Waals surface area contributed by atoms with Gasteiger partial charge in [-0.25, -0.2) is 0 Å². The van der Waals surface area contributed by atoms with E-state index in [0.29, 0.717) is 11.5 Å². The molecule has 1 heterocycles. The van der Waals surface area contributed by atoms with Gasteiger partial charge in [0.1, 0.15) is 0 Å². The molecule has 0 bridgehead atoms. The number of nitrogens with zero attached hydrogens (tertiary/aromatic N) is 1. The quantitative estimate of drug-likeness (QED) is 0.827. The van der Waals surface area contributed by atoms with E-state index in [2.05, 4.69) is 17.1 Å². The highest BCUT2D eigenvalue weighted by Gasteiger charge is 2.37. The third-order valence-electron chi connectivity index (χ3n) is 5.10. The maximum atomic E-state index is 5.78. The minimum atomic E-state index is 0.414. The first kappa shape index (κ1) is 13.8. The van der Waals surface area contributed by atoms with Crippen molar-refractivity contribution in [3.05, 3.63) is 0 Å². The van der Waals surface area contributed by atoms with Gasteiger partial charge < -0.3 is 15.0 Å². The zero-order valence-corrected chi connectivity index (χ0v) is 12.5. The third kappa shape index (κ3) is 3.93. The first-order valence-electron chi connectivity index (χ1n) is 8.33. The molecule has 1 unspecified atom stereocenters. The Morgan fingerprint density at radius 3 is 2.74 bits per heavy atom. The fourth-order valence-corrected chi connectivity index (χ4v) is 3.86. The average molecular weight is 266 g/mol. The first-order valence-corrected chi connectivity index (χ1v) is 8.33.